The van der Waals surface area contributed by atoms with Gasteiger partial charge in [-0.05, 0) is 53.4 Å². The van der Waals surface area contributed by atoms with Crippen LogP contribution in [0, 0.1) is 0 Å². The highest BCUT2D eigenvalue weighted by atomic mass is 16.2. The molecule has 3 aromatic rings. The normalized spacial score (nSPS) is 15.0. The first-order valence-electron chi connectivity index (χ1n) is 9.77. The first-order chi connectivity index (χ1) is 13.6. The van der Waals surface area contributed by atoms with Crippen LogP contribution in [0.4, 0.5) is 5.69 Å². The van der Waals surface area contributed by atoms with Gasteiger partial charge in [-0.3, -0.25) is 9.59 Å². The molecule has 4 rings (SSSR count). The Bertz CT molecular complexity index is 1010. The molecular formula is C24H24N2O2. The largest absolute Gasteiger partial charge is 0.349 e. The van der Waals surface area contributed by atoms with Crippen LogP contribution in [-0.2, 0) is 16.0 Å². The summed E-state index contributed by atoms with van der Waals surface area (Å²) in [7, 11) is 0. The summed E-state index contributed by atoms with van der Waals surface area (Å²) in [4.78, 5) is 26.1. The second-order valence-corrected chi connectivity index (χ2v) is 7.39. The summed E-state index contributed by atoms with van der Waals surface area (Å²) in [6.45, 7) is 2.78. The predicted octanol–water partition coefficient (Wildman–Crippen LogP) is 4.39. The highest BCUT2D eigenvalue weighted by molar-refractivity contribution is 5.95. The van der Waals surface area contributed by atoms with Crippen molar-refractivity contribution in [2.24, 2.45) is 0 Å². The summed E-state index contributed by atoms with van der Waals surface area (Å²) in [5.74, 6) is 0.167. The number of hydrogen-bond acceptors (Lipinski definition) is 2. The van der Waals surface area contributed by atoms with E-state index in [4.69, 9.17) is 0 Å². The maximum atomic E-state index is 12.5. The van der Waals surface area contributed by atoms with E-state index in [2.05, 4.69) is 35.6 Å². The third-order valence-electron chi connectivity index (χ3n) is 5.34. The van der Waals surface area contributed by atoms with Gasteiger partial charge in [0.2, 0.25) is 11.8 Å². The lowest BCUT2D eigenvalue weighted by Crippen LogP contribution is -2.28. The maximum absolute atomic E-state index is 12.5. The van der Waals surface area contributed by atoms with E-state index in [1.54, 1.807) is 0 Å². The molecular weight excluding hydrogens is 348 g/mol. The molecule has 4 nitrogen and oxygen atoms in total. The molecule has 0 radical (unpaired) electrons. The molecule has 0 aromatic heterocycles. The Kier molecular flexibility index (Phi) is 5.11. The van der Waals surface area contributed by atoms with Crippen molar-refractivity contribution in [1.82, 2.24) is 5.32 Å². The highest BCUT2D eigenvalue weighted by Crippen LogP contribution is 2.22. The molecule has 0 aliphatic carbocycles. The van der Waals surface area contributed by atoms with Gasteiger partial charge in [0.15, 0.2) is 0 Å². The topological polar surface area (TPSA) is 49.4 Å². The van der Waals surface area contributed by atoms with Gasteiger partial charge in [0.05, 0.1) is 12.5 Å². The Morgan fingerprint density at radius 3 is 2.50 bits per heavy atom. The Morgan fingerprint density at radius 1 is 1.04 bits per heavy atom. The van der Waals surface area contributed by atoms with E-state index in [9.17, 15) is 9.59 Å². The zero-order valence-electron chi connectivity index (χ0n) is 16.0. The summed E-state index contributed by atoms with van der Waals surface area (Å²) in [6, 6.07) is 22.2. The number of nitrogens with zero attached hydrogens (tertiary/aromatic N) is 1. The van der Waals surface area contributed by atoms with Gasteiger partial charge in [-0.2, -0.15) is 0 Å². The SMILES string of the molecule is CC(NC(=O)Cc1ccc(N2CCCC2=O)cc1)c1ccc2ccccc2c1. The molecule has 2 amide bonds. The summed E-state index contributed by atoms with van der Waals surface area (Å²) in [5.41, 5.74) is 2.95. The molecule has 1 fully saturated rings. The molecule has 1 heterocycles. The van der Waals surface area contributed by atoms with Crippen molar-refractivity contribution in [3.8, 4) is 0 Å². The van der Waals surface area contributed by atoms with Gasteiger partial charge >= 0.3 is 0 Å². The second-order valence-electron chi connectivity index (χ2n) is 7.39. The van der Waals surface area contributed by atoms with Crippen molar-refractivity contribution in [3.63, 3.8) is 0 Å². The van der Waals surface area contributed by atoms with E-state index in [1.807, 2.05) is 48.2 Å². The standard InChI is InChI=1S/C24H24N2O2/c1-17(20-11-10-19-5-2-3-6-21(19)16-20)25-23(27)15-18-8-12-22(13-9-18)26-14-4-7-24(26)28/h2-3,5-6,8-13,16-17H,4,7,14-15H2,1H3,(H,25,27). The number of anilines is 1. The van der Waals surface area contributed by atoms with Crippen LogP contribution in [0.1, 0.15) is 36.9 Å². The average molecular weight is 372 g/mol. The zero-order valence-corrected chi connectivity index (χ0v) is 16.0. The molecule has 142 valence electrons. The van der Waals surface area contributed by atoms with Gasteiger partial charge in [0.25, 0.3) is 0 Å². The number of benzene rings is 3. The van der Waals surface area contributed by atoms with Crippen molar-refractivity contribution < 1.29 is 9.59 Å². The minimum absolute atomic E-state index is 0.00865. The molecule has 1 atom stereocenters. The number of fused-ring (bicyclic) bond motifs is 1. The van der Waals surface area contributed by atoms with E-state index in [0.29, 0.717) is 12.8 Å². The molecule has 1 N–H and O–H groups in total. The van der Waals surface area contributed by atoms with Crippen LogP contribution >= 0.6 is 0 Å². The lowest BCUT2D eigenvalue weighted by atomic mass is 10.0. The summed E-state index contributed by atoms with van der Waals surface area (Å²) in [6.07, 6.45) is 1.86. The van der Waals surface area contributed by atoms with E-state index in [-0.39, 0.29) is 17.9 Å². The Morgan fingerprint density at radius 2 is 1.79 bits per heavy atom. The van der Waals surface area contributed by atoms with Gasteiger partial charge in [-0.25, -0.2) is 0 Å². The Labute approximate surface area is 165 Å². The molecule has 3 aromatic carbocycles. The minimum Gasteiger partial charge on any atom is -0.349 e. The molecule has 4 heteroatoms. The van der Waals surface area contributed by atoms with Gasteiger partial charge in [-0.15, -0.1) is 0 Å². The van der Waals surface area contributed by atoms with Crippen molar-refractivity contribution in [1.29, 1.82) is 0 Å². The quantitative estimate of drug-likeness (QED) is 0.722. The van der Waals surface area contributed by atoms with Crippen molar-refractivity contribution >= 4 is 28.3 Å². The summed E-state index contributed by atoms with van der Waals surface area (Å²) in [5, 5.41) is 5.45. The first kappa shape index (κ1) is 18.2. The smallest absolute Gasteiger partial charge is 0.227 e. The highest BCUT2D eigenvalue weighted by Gasteiger charge is 2.21. The lowest BCUT2D eigenvalue weighted by Gasteiger charge is -2.17. The van der Waals surface area contributed by atoms with E-state index in [1.165, 1.54) is 10.8 Å². The lowest BCUT2D eigenvalue weighted by molar-refractivity contribution is -0.121. The van der Waals surface area contributed by atoms with Gasteiger partial charge in [0, 0.05) is 18.7 Å². The molecule has 28 heavy (non-hydrogen) atoms. The molecule has 0 bridgehead atoms. The number of hydrogen-bond donors (Lipinski definition) is 1. The van der Waals surface area contributed by atoms with Crippen LogP contribution < -0.4 is 10.2 Å². The van der Waals surface area contributed by atoms with Gasteiger partial charge < -0.3 is 10.2 Å². The monoisotopic (exact) mass is 372 g/mol. The van der Waals surface area contributed by atoms with Crippen LogP contribution in [0.5, 0.6) is 0 Å². The fourth-order valence-corrected chi connectivity index (χ4v) is 3.75. The fourth-order valence-electron chi connectivity index (χ4n) is 3.75. The summed E-state index contributed by atoms with van der Waals surface area (Å²) >= 11 is 0. The molecule has 1 unspecified atom stereocenters. The first-order valence-corrected chi connectivity index (χ1v) is 9.77. The molecule has 1 saturated heterocycles. The Balaban J connectivity index is 1.38. The van der Waals surface area contributed by atoms with E-state index < -0.39 is 0 Å². The van der Waals surface area contributed by atoms with Crippen molar-refractivity contribution in [2.45, 2.75) is 32.2 Å². The van der Waals surface area contributed by atoms with Crippen LogP contribution in [-0.4, -0.2) is 18.4 Å². The van der Waals surface area contributed by atoms with Crippen molar-refractivity contribution in [3.05, 3.63) is 77.9 Å². The summed E-state index contributed by atoms with van der Waals surface area (Å²) < 4.78 is 0. The third kappa shape index (κ3) is 3.91. The van der Waals surface area contributed by atoms with E-state index in [0.717, 1.165) is 29.8 Å². The average Bonchev–Trinajstić information content (AvgIpc) is 3.14. The third-order valence-corrected chi connectivity index (χ3v) is 5.34. The van der Waals surface area contributed by atoms with Gasteiger partial charge in [0.1, 0.15) is 0 Å². The van der Waals surface area contributed by atoms with Gasteiger partial charge in [-0.1, -0.05) is 48.5 Å². The number of rotatable bonds is 5. The number of amides is 2. The molecule has 0 spiro atoms. The number of carbonyl (C=O) groups excluding carboxylic acids is 2. The van der Waals surface area contributed by atoms with Crippen LogP contribution in [0.2, 0.25) is 0 Å². The van der Waals surface area contributed by atoms with Crippen LogP contribution in [0.15, 0.2) is 66.7 Å². The molecule has 1 aliphatic heterocycles. The minimum atomic E-state index is -0.0569. The van der Waals surface area contributed by atoms with E-state index >= 15 is 0 Å². The fraction of sp³-hybridized carbons (Fsp3) is 0.250. The van der Waals surface area contributed by atoms with Crippen LogP contribution in [0.3, 0.4) is 0 Å². The zero-order chi connectivity index (χ0) is 19.5. The maximum Gasteiger partial charge on any atom is 0.227 e. The molecule has 0 saturated carbocycles. The number of nitrogens with one attached hydrogen (secondary N) is 1. The van der Waals surface area contributed by atoms with Crippen molar-refractivity contribution in [2.75, 3.05) is 11.4 Å². The predicted molar refractivity (Wildman–Crippen MR) is 112 cm³/mol. The van der Waals surface area contributed by atoms with Crippen LogP contribution in [0.25, 0.3) is 10.8 Å². The second kappa shape index (κ2) is 7.85. The molecule has 1 aliphatic rings. The number of carbonyl (C=O) groups is 2. The Hall–Kier alpha value is -3.14.